The second-order valence-electron chi connectivity index (χ2n) is 7.35. The van der Waals surface area contributed by atoms with E-state index in [2.05, 4.69) is 5.32 Å². The van der Waals surface area contributed by atoms with E-state index in [0.29, 0.717) is 30.2 Å². The zero-order chi connectivity index (χ0) is 21.5. The van der Waals surface area contributed by atoms with E-state index in [0.717, 1.165) is 30.4 Å². The number of hydrogen-bond donors (Lipinski definition) is 1. The summed E-state index contributed by atoms with van der Waals surface area (Å²) in [5.74, 6) is 0.667. The largest absolute Gasteiger partial charge is 0.493 e. The molecule has 0 unspecified atom stereocenters. The first-order valence-corrected chi connectivity index (χ1v) is 10.1. The first kappa shape index (κ1) is 21.4. The Morgan fingerprint density at radius 1 is 0.933 bits per heavy atom. The van der Waals surface area contributed by atoms with Gasteiger partial charge in [-0.2, -0.15) is 0 Å². The summed E-state index contributed by atoms with van der Waals surface area (Å²) in [5.41, 5.74) is 2.55. The summed E-state index contributed by atoms with van der Waals surface area (Å²) in [7, 11) is 3.13. The highest BCUT2D eigenvalue weighted by molar-refractivity contribution is 6.05. The number of amides is 2. The van der Waals surface area contributed by atoms with Crippen molar-refractivity contribution in [3.63, 3.8) is 0 Å². The van der Waals surface area contributed by atoms with Crippen molar-refractivity contribution >= 4 is 17.9 Å². The monoisotopic (exact) mass is 408 g/mol. The van der Waals surface area contributed by atoms with E-state index in [1.807, 2.05) is 25.1 Å². The Balaban J connectivity index is 1.92. The van der Waals surface area contributed by atoms with Gasteiger partial charge in [-0.1, -0.05) is 23.8 Å². The molecule has 1 N–H and O–H groups in total. The minimum Gasteiger partial charge on any atom is -0.493 e. The standard InChI is InChI=1S/C24H28N2O4/c1-17-7-10-19(11-8-17)23(27)25-20(24(28)26-13-5-4-6-14-26)15-18-9-12-21(29-2)22(16-18)30-3/h7-12,15-16H,4-6,13-14H2,1-3H3,(H,25,27). The number of carbonyl (C=O) groups is 2. The highest BCUT2D eigenvalue weighted by Crippen LogP contribution is 2.28. The summed E-state index contributed by atoms with van der Waals surface area (Å²) in [5, 5.41) is 2.82. The van der Waals surface area contributed by atoms with Crippen molar-refractivity contribution in [2.45, 2.75) is 26.2 Å². The summed E-state index contributed by atoms with van der Waals surface area (Å²) in [4.78, 5) is 27.8. The predicted molar refractivity (Wildman–Crippen MR) is 117 cm³/mol. The first-order valence-electron chi connectivity index (χ1n) is 10.1. The van der Waals surface area contributed by atoms with Gasteiger partial charge in [0, 0.05) is 18.7 Å². The van der Waals surface area contributed by atoms with Crippen molar-refractivity contribution in [2.24, 2.45) is 0 Å². The van der Waals surface area contributed by atoms with Crippen molar-refractivity contribution < 1.29 is 19.1 Å². The van der Waals surface area contributed by atoms with Gasteiger partial charge in [0.1, 0.15) is 5.70 Å². The van der Waals surface area contributed by atoms with Crippen molar-refractivity contribution in [2.75, 3.05) is 27.3 Å². The fraction of sp³-hybridized carbons (Fsp3) is 0.333. The van der Waals surface area contributed by atoms with Crippen LogP contribution >= 0.6 is 0 Å². The fourth-order valence-electron chi connectivity index (χ4n) is 3.43. The van der Waals surface area contributed by atoms with E-state index in [-0.39, 0.29) is 17.5 Å². The number of methoxy groups -OCH3 is 2. The highest BCUT2D eigenvalue weighted by atomic mass is 16.5. The van der Waals surface area contributed by atoms with Crippen molar-refractivity contribution in [1.82, 2.24) is 10.2 Å². The SMILES string of the molecule is COc1ccc(C=C(NC(=O)c2ccc(C)cc2)C(=O)N2CCCCC2)cc1OC. The Hall–Kier alpha value is -3.28. The van der Waals surface area contributed by atoms with Crippen LogP contribution in [0.3, 0.4) is 0 Å². The van der Waals surface area contributed by atoms with Gasteiger partial charge < -0.3 is 19.7 Å². The number of hydrogen-bond acceptors (Lipinski definition) is 4. The molecule has 1 heterocycles. The van der Waals surface area contributed by atoms with Crippen LogP contribution in [0.1, 0.15) is 40.7 Å². The molecular weight excluding hydrogens is 380 g/mol. The molecule has 2 aromatic carbocycles. The molecule has 0 saturated carbocycles. The van der Waals surface area contributed by atoms with Gasteiger partial charge in [0.25, 0.3) is 11.8 Å². The zero-order valence-corrected chi connectivity index (χ0v) is 17.7. The van der Waals surface area contributed by atoms with E-state index in [9.17, 15) is 9.59 Å². The maximum Gasteiger partial charge on any atom is 0.270 e. The van der Waals surface area contributed by atoms with Crippen molar-refractivity contribution in [3.05, 3.63) is 64.9 Å². The van der Waals surface area contributed by atoms with Gasteiger partial charge in [0.05, 0.1) is 14.2 Å². The number of carbonyl (C=O) groups excluding carboxylic acids is 2. The number of nitrogens with one attached hydrogen (secondary N) is 1. The van der Waals surface area contributed by atoms with Gasteiger partial charge in [0.15, 0.2) is 11.5 Å². The minimum atomic E-state index is -0.313. The molecule has 0 radical (unpaired) electrons. The molecule has 2 aromatic rings. The number of nitrogens with zero attached hydrogens (tertiary/aromatic N) is 1. The normalized spacial score (nSPS) is 14.2. The number of piperidine rings is 1. The van der Waals surface area contributed by atoms with Crippen LogP contribution in [0.5, 0.6) is 11.5 Å². The van der Waals surface area contributed by atoms with Gasteiger partial charge in [-0.15, -0.1) is 0 Å². The van der Waals surface area contributed by atoms with Crippen LogP contribution in [0.25, 0.3) is 6.08 Å². The Morgan fingerprint density at radius 2 is 1.60 bits per heavy atom. The number of benzene rings is 2. The molecule has 2 amide bonds. The van der Waals surface area contributed by atoms with Crippen LogP contribution < -0.4 is 14.8 Å². The van der Waals surface area contributed by atoms with Gasteiger partial charge in [-0.05, 0) is 62.1 Å². The van der Waals surface area contributed by atoms with E-state index < -0.39 is 0 Å². The lowest BCUT2D eigenvalue weighted by molar-refractivity contribution is -0.128. The summed E-state index contributed by atoms with van der Waals surface area (Å²) in [6, 6.07) is 12.6. The lowest BCUT2D eigenvalue weighted by Crippen LogP contribution is -2.41. The number of aryl methyl sites for hydroxylation is 1. The average molecular weight is 408 g/mol. The molecule has 0 spiro atoms. The summed E-state index contributed by atoms with van der Waals surface area (Å²) < 4.78 is 10.6. The predicted octanol–water partition coefficient (Wildman–Crippen LogP) is 3.80. The summed E-state index contributed by atoms with van der Waals surface area (Å²) in [6.45, 7) is 3.36. The maximum atomic E-state index is 13.2. The molecule has 3 rings (SSSR count). The Labute approximate surface area is 177 Å². The molecule has 158 valence electrons. The lowest BCUT2D eigenvalue weighted by atomic mass is 10.1. The lowest BCUT2D eigenvalue weighted by Gasteiger charge is -2.27. The topological polar surface area (TPSA) is 67.9 Å². The van der Waals surface area contributed by atoms with Gasteiger partial charge in [-0.3, -0.25) is 9.59 Å². The number of ether oxygens (including phenoxy) is 2. The van der Waals surface area contributed by atoms with Crippen molar-refractivity contribution in [3.8, 4) is 11.5 Å². The van der Waals surface area contributed by atoms with E-state index in [1.54, 1.807) is 49.5 Å². The van der Waals surface area contributed by atoms with Crippen LogP contribution in [0.4, 0.5) is 0 Å². The molecule has 1 aliphatic heterocycles. The summed E-state index contributed by atoms with van der Waals surface area (Å²) in [6.07, 6.45) is 4.75. The Bertz CT molecular complexity index is 929. The molecule has 6 nitrogen and oxygen atoms in total. The van der Waals surface area contributed by atoms with Crippen LogP contribution in [0.15, 0.2) is 48.2 Å². The second kappa shape index (κ2) is 9.96. The fourth-order valence-corrected chi connectivity index (χ4v) is 3.43. The van der Waals surface area contributed by atoms with Crippen LogP contribution in [0, 0.1) is 6.92 Å². The molecule has 1 saturated heterocycles. The third kappa shape index (κ3) is 5.20. The van der Waals surface area contributed by atoms with Crippen LogP contribution in [0.2, 0.25) is 0 Å². The third-order valence-electron chi connectivity index (χ3n) is 5.15. The zero-order valence-electron chi connectivity index (χ0n) is 17.7. The first-order chi connectivity index (χ1) is 14.5. The van der Waals surface area contributed by atoms with Gasteiger partial charge >= 0.3 is 0 Å². The molecule has 6 heteroatoms. The number of likely N-dealkylation sites (tertiary alicyclic amines) is 1. The van der Waals surface area contributed by atoms with Crippen LogP contribution in [-0.4, -0.2) is 44.0 Å². The Kier molecular flexibility index (Phi) is 7.12. The molecule has 0 aliphatic carbocycles. The smallest absolute Gasteiger partial charge is 0.270 e. The molecular formula is C24H28N2O4. The third-order valence-corrected chi connectivity index (χ3v) is 5.15. The van der Waals surface area contributed by atoms with E-state index in [4.69, 9.17) is 9.47 Å². The molecule has 30 heavy (non-hydrogen) atoms. The van der Waals surface area contributed by atoms with E-state index in [1.165, 1.54) is 0 Å². The minimum absolute atomic E-state index is 0.176. The van der Waals surface area contributed by atoms with Gasteiger partial charge in [-0.25, -0.2) is 0 Å². The van der Waals surface area contributed by atoms with E-state index >= 15 is 0 Å². The Morgan fingerprint density at radius 3 is 2.23 bits per heavy atom. The second-order valence-corrected chi connectivity index (χ2v) is 7.35. The molecule has 0 atom stereocenters. The molecule has 1 fully saturated rings. The average Bonchev–Trinajstić information content (AvgIpc) is 2.79. The molecule has 0 bridgehead atoms. The van der Waals surface area contributed by atoms with Gasteiger partial charge in [0.2, 0.25) is 0 Å². The maximum absolute atomic E-state index is 13.2. The molecule has 1 aliphatic rings. The van der Waals surface area contributed by atoms with Crippen molar-refractivity contribution in [1.29, 1.82) is 0 Å². The van der Waals surface area contributed by atoms with Crippen LogP contribution in [-0.2, 0) is 4.79 Å². The number of rotatable bonds is 6. The molecule has 0 aromatic heterocycles. The highest BCUT2D eigenvalue weighted by Gasteiger charge is 2.22. The quantitative estimate of drug-likeness (QED) is 0.739. The summed E-state index contributed by atoms with van der Waals surface area (Å²) >= 11 is 0.